The second-order valence-electron chi connectivity index (χ2n) is 3.10. The van der Waals surface area contributed by atoms with Gasteiger partial charge in [-0.2, -0.15) is 5.06 Å². The predicted octanol–water partition coefficient (Wildman–Crippen LogP) is 2.04. The molecular formula is C8H13NO. The molecular weight excluding hydrogens is 126 g/mol. The summed E-state index contributed by atoms with van der Waals surface area (Å²) in [5.41, 5.74) is 0. The van der Waals surface area contributed by atoms with Gasteiger partial charge < -0.3 is 4.84 Å². The van der Waals surface area contributed by atoms with Gasteiger partial charge in [-0.3, -0.25) is 0 Å². The lowest BCUT2D eigenvalue weighted by atomic mass is 9.96. The van der Waals surface area contributed by atoms with Gasteiger partial charge in [0.15, 0.2) is 0 Å². The van der Waals surface area contributed by atoms with E-state index < -0.39 is 0 Å². The monoisotopic (exact) mass is 139 g/mol. The molecule has 0 aromatic rings. The van der Waals surface area contributed by atoms with Crippen LogP contribution in [-0.2, 0) is 4.84 Å². The van der Waals surface area contributed by atoms with Crippen molar-refractivity contribution in [1.29, 1.82) is 0 Å². The van der Waals surface area contributed by atoms with Gasteiger partial charge in [-0.15, -0.1) is 0 Å². The Bertz CT molecular complexity index is 149. The first-order chi connectivity index (χ1) is 4.88. The van der Waals surface area contributed by atoms with Crippen molar-refractivity contribution in [2.45, 2.75) is 38.1 Å². The summed E-state index contributed by atoms with van der Waals surface area (Å²) in [7, 11) is 0. The number of hydrogen-bond acceptors (Lipinski definition) is 2. The first-order valence-corrected chi connectivity index (χ1v) is 4.04. The number of hydrogen-bond donors (Lipinski definition) is 0. The number of hydroxylamine groups is 2. The molecule has 0 radical (unpaired) electrons. The average molecular weight is 139 g/mol. The summed E-state index contributed by atoms with van der Waals surface area (Å²) in [6, 6.07) is 0.654. The Balaban J connectivity index is 1.86. The molecule has 1 saturated carbocycles. The Kier molecular flexibility index (Phi) is 1.33. The third kappa shape index (κ3) is 0.981. The van der Waals surface area contributed by atoms with Gasteiger partial charge >= 0.3 is 0 Å². The van der Waals surface area contributed by atoms with Crippen LogP contribution in [0.5, 0.6) is 0 Å². The maximum Gasteiger partial charge on any atom is 0.248 e. The van der Waals surface area contributed by atoms with Crippen molar-refractivity contribution in [2.24, 2.45) is 0 Å². The fourth-order valence-electron chi connectivity index (χ4n) is 1.69. The van der Waals surface area contributed by atoms with Crippen molar-refractivity contribution >= 4 is 0 Å². The van der Waals surface area contributed by atoms with E-state index in [-0.39, 0.29) is 0 Å². The van der Waals surface area contributed by atoms with Gasteiger partial charge in [-0.05, 0) is 19.4 Å². The van der Waals surface area contributed by atoms with E-state index in [4.69, 9.17) is 4.84 Å². The van der Waals surface area contributed by atoms with Gasteiger partial charge in [0.05, 0.1) is 6.04 Å². The first-order valence-electron chi connectivity index (χ1n) is 4.04. The lowest BCUT2D eigenvalue weighted by Crippen LogP contribution is -2.20. The van der Waals surface area contributed by atoms with E-state index >= 15 is 0 Å². The highest BCUT2D eigenvalue weighted by atomic mass is 16.8. The summed E-state index contributed by atoms with van der Waals surface area (Å²) in [5.74, 6) is 0.868. The van der Waals surface area contributed by atoms with Gasteiger partial charge in [0.1, 0.15) is 0 Å². The first kappa shape index (κ1) is 6.08. The standard InChI is InChI=1S/C8H13NO/c1-7-9(10-7)8-5-3-2-4-6-8/h8H,1-6H2. The molecule has 1 saturated heterocycles. The van der Waals surface area contributed by atoms with E-state index in [9.17, 15) is 0 Å². The minimum absolute atomic E-state index is 0.654. The average Bonchev–Trinajstić information content (AvgIpc) is 2.69. The molecule has 0 spiro atoms. The van der Waals surface area contributed by atoms with Crippen molar-refractivity contribution in [3.8, 4) is 0 Å². The van der Waals surface area contributed by atoms with Gasteiger partial charge in [0, 0.05) is 0 Å². The van der Waals surface area contributed by atoms with Crippen LogP contribution in [0.4, 0.5) is 0 Å². The van der Waals surface area contributed by atoms with Gasteiger partial charge in [-0.1, -0.05) is 19.3 Å². The van der Waals surface area contributed by atoms with Crippen molar-refractivity contribution in [3.05, 3.63) is 12.5 Å². The highest BCUT2D eigenvalue weighted by molar-refractivity contribution is 4.94. The molecule has 2 nitrogen and oxygen atoms in total. The Morgan fingerprint density at radius 1 is 1.30 bits per heavy atom. The van der Waals surface area contributed by atoms with Crippen LogP contribution in [0, 0.1) is 0 Å². The molecule has 1 heterocycles. The number of rotatable bonds is 1. The normalized spacial score (nSPS) is 26.4. The Morgan fingerprint density at radius 2 is 1.90 bits per heavy atom. The van der Waals surface area contributed by atoms with Crippen LogP contribution in [0.1, 0.15) is 32.1 Å². The summed E-state index contributed by atoms with van der Waals surface area (Å²) in [4.78, 5) is 5.10. The van der Waals surface area contributed by atoms with Crippen LogP contribution >= 0.6 is 0 Å². The van der Waals surface area contributed by atoms with Crippen LogP contribution in [0.3, 0.4) is 0 Å². The van der Waals surface area contributed by atoms with Crippen LogP contribution < -0.4 is 0 Å². The Hall–Kier alpha value is -0.660. The van der Waals surface area contributed by atoms with E-state index in [1.807, 2.05) is 5.06 Å². The van der Waals surface area contributed by atoms with Gasteiger partial charge in [0.25, 0.3) is 0 Å². The van der Waals surface area contributed by atoms with Crippen LogP contribution in [0.25, 0.3) is 0 Å². The second-order valence-corrected chi connectivity index (χ2v) is 3.10. The van der Waals surface area contributed by atoms with E-state index in [0.717, 1.165) is 5.88 Å². The molecule has 2 rings (SSSR count). The smallest absolute Gasteiger partial charge is 0.248 e. The minimum Gasteiger partial charge on any atom is -0.356 e. The minimum atomic E-state index is 0.654. The lowest BCUT2D eigenvalue weighted by molar-refractivity contribution is 0.120. The van der Waals surface area contributed by atoms with E-state index in [1.165, 1.54) is 32.1 Å². The highest BCUT2D eigenvalue weighted by Gasteiger charge is 2.35. The van der Waals surface area contributed by atoms with Gasteiger partial charge in [-0.25, -0.2) is 0 Å². The van der Waals surface area contributed by atoms with E-state index in [1.54, 1.807) is 0 Å². The summed E-state index contributed by atoms with van der Waals surface area (Å²) >= 11 is 0. The highest BCUT2D eigenvalue weighted by Crippen LogP contribution is 2.33. The molecule has 0 aromatic heterocycles. The summed E-state index contributed by atoms with van der Waals surface area (Å²) < 4.78 is 0. The molecule has 2 aliphatic rings. The summed E-state index contributed by atoms with van der Waals surface area (Å²) in [6.07, 6.45) is 6.70. The fourth-order valence-corrected chi connectivity index (χ4v) is 1.69. The molecule has 1 aliphatic carbocycles. The zero-order valence-corrected chi connectivity index (χ0v) is 6.18. The maximum absolute atomic E-state index is 5.10. The third-order valence-electron chi connectivity index (χ3n) is 2.32. The van der Waals surface area contributed by atoms with Crippen molar-refractivity contribution < 1.29 is 4.84 Å². The topological polar surface area (TPSA) is 15.5 Å². The molecule has 56 valence electrons. The van der Waals surface area contributed by atoms with Crippen molar-refractivity contribution in [3.63, 3.8) is 0 Å². The molecule has 0 aromatic carbocycles. The maximum atomic E-state index is 5.10. The molecule has 2 fully saturated rings. The SMILES string of the molecule is C=C1ON1C1CCCCC1. The molecule has 0 unspecified atom stereocenters. The summed E-state index contributed by atoms with van der Waals surface area (Å²) in [6.45, 7) is 3.73. The largest absolute Gasteiger partial charge is 0.356 e. The Labute approximate surface area is 61.4 Å². The molecule has 0 bridgehead atoms. The lowest BCUT2D eigenvalue weighted by Gasteiger charge is -2.18. The predicted molar refractivity (Wildman–Crippen MR) is 38.9 cm³/mol. The van der Waals surface area contributed by atoms with Crippen molar-refractivity contribution in [1.82, 2.24) is 5.06 Å². The third-order valence-corrected chi connectivity index (χ3v) is 2.32. The molecule has 10 heavy (non-hydrogen) atoms. The zero-order chi connectivity index (χ0) is 6.97. The second kappa shape index (κ2) is 2.19. The Morgan fingerprint density at radius 3 is 2.40 bits per heavy atom. The van der Waals surface area contributed by atoms with Gasteiger partial charge in [0.2, 0.25) is 5.88 Å². The van der Waals surface area contributed by atoms with Crippen LogP contribution in [0.15, 0.2) is 12.5 Å². The molecule has 0 N–H and O–H groups in total. The molecule has 0 amide bonds. The molecule has 2 heteroatoms. The quantitative estimate of drug-likeness (QED) is 0.516. The van der Waals surface area contributed by atoms with E-state index in [0.29, 0.717) is 6.04 Å². The van der Waals surface area contributed by atoms with E-state index in [2.05, 4.69) is 6.58 Å². The molecule has 0 atom stereocenters. The van der Waals surface area contributed by atoms with Crippen LogP contribution in [0.2, 0.25) is 0 Å². The van der Waals surface area contributed by atoms with Crippen LogP contribution in [-0.4, -0.2) is 11.1 Å². The zero-order valence-electron chi connectivity index (χ0n) is 6.18. The number of nitrogens with zero attached hydrogens (tertiary/aromatic N) is 1. The molecule has 1 aliphatic heterocycles. The van der Waals surface area contributed by atoms with Crippen molar-refractivity contribution in [2.75, 3.05) is 0 Å². The summed E-state index contributed by atoms with van der Waals surface area (Å²) in [5, 5.41) is 1.96. The fraction of sp³-hybridized carbons (Fsp3) is 0.750.